The molecule has 1 N–H and O–H groups in total. The number of aromatic nitrogens is 4. The molecule has 3 heterocycles. The molecular weight excluding hydrogens is 282 g/mol. The summed E-state index contributed by atoms with van der Waals surface area (Å²) >= 11 is 1.62. The third-order valence-corrected chi connectivity index (χ3v) is 4.77. The minimum atomic E-state index is 0.537. The van der Waals surface area contributed by atoms with Crippen LogP contribution in [0.1, 0.15) is 32.1 Å². The normalized spacial score (nSPS) is 16.4. The van der Waals surface area contributed by atoms with E-state index in [0.717, 1.165) is 22.2 Å². The molecule has 0 atom stereocenters. The molecule has 108 valence electrons. The first-order valence-corrected chi connectivity index (χ1v) is 8.27. The summed E-state index contributed by atoms with van der Waals surface area (Å²) in [5, 5.41) is 5.56. The van der Waals surface area contributed by atoms with E-state index < -0.39 is 0 Å². The predicted octanol–water partition coefficient (Wildman–Crippen LogP) is 3.60. The van der Waals surface area contributed by atoms with Gasteiger partial charge in [-0.2, -0.15) is 0 Å². The zero-order chi connectivity index (χ0) is 14.1. The van der Waals surface area contributed by atoms with Gasteiger partial charge in [0, 0.05) is 17.6 Å². The van der Waals surface area contributed by atoms with Crippen LogP contribution < -0.4 is 5.32 Å². The first-order valence-electron chi connectivity index (χ1n) is 7.40. The minimum absolute atomic E-state index is 0.537. The summed E-state index contributed by atoms with van der Waals surface area (Å²) in [6.07, 6.45) is 13.9. The molecular formula is C15H17N5S. The molecule has 0 saturated heterocycles. The van der Waals surface area contributed by atoms with Gasteiger partial charge in [-0.15, -0.1) is 11.3 Å². The van der Waals surface area contributed by atoms with Crippen LogP contribution in [-0.2, 0) is 0 Å². The number of nitrogens with zero attached hydrogens (tertiary/aromatic N) is 4. The number of hydrogen-bond donors (Lipinski definition) is 1. The zero-order valence-electron chi connectivity index (χ0n) is 11.7. The fourth-order valence-corrected chi connectivity index (χ4v) is 3.62. The van der Waals surface area contributed by atoms with Gasteiger partial charge in [0.1, 0.15) is 11.5 Å². The fourth-order valence-electron chi connectivity index (χ4n) is 2.93. The topological polar surface area (TPSA) is 55.1 Å². The van der Waals surface area contributed by atoms with Gasteiger partial charge >= 0.3 is 0 Å². The molecule has 1 aliphatic carbocycles. The maximum Gasteiger partial charge on any atom is 0.194 e. The molecule has 3 aromatic heterocycles. The lowest BCUT2D eigenvalue weighted by Gasteiger charge is -2.23. The Bertz CT molecular complexity index is 741. The van der Waals surface area contributed by atoms with Gasteiger partial charge in [0.05, 0.1) is 24.3 Å². The molecule has 1 aliphatic rings. The number of nitrogens with one attached hydrogen (secondary N) is 1. The number of fused-ring (bicyclic) bond motifs is 1. The van der Waals surface area contributed by atoms with Crippen molar-refractivity contribution >= 4 is 22.1 Å². The summed E-state index contributed by atoms with van der Waals surface area (Å²) in [6.45, 7) is 0. The van der Waals surface area contributed by atoms with Crippen molar-refractivity contribution < 1.29 is 0 Å². The van der Waals surface area contributed by atoms with E-state index in [1.54, 1.807) is 17.5 Å². The Kier molecular flexibility index (Phi) is 3.31. The Morgan fingerprint density at radius 2 is 2.05 bits per heavy atom. The number of rotatable bonds is 3. The van der Waals surface area contributed by atoms with Crippen molar-refractivity contribution in [1.29, 1.82) is 0 Å². The summed E-state index contributed by atoms with van der Waals surface area (Å²) in [5.41, 5.74) is 1.85. The third-order valence-electron chi connectivity index (χ3n) is 4.00. The molecule has 1 saturated carbocycles. The Labute approximate surface area is 127 Å². The highest BCUT2D eigenvalue weighted by Crippen LogP contribution is 2.24. The van der Waals surface area contributed by atoms with Gasteiger partial charge in [-0.3, -0.25) is 9.38 Å². The minimum Gasteiger partial charge on any atom is -0.366 e. The van der Waals surface area contributed by atoms with Crippen molar-refractivity contribution in [3.63, 3.8) is 0 Å². The maximum absolute atomic E-state index is 4.71. The van der Waals surface area contributed by atoms with E-state index in [0.29, 0.717) is 6.04 Å². The SMILES string of the molecule is c1cn2c(-c3cncc(NC4CCCCC4)n3)cnc2s1. The van der Waals surface area contributed by atoms with Gasteiger partial charge in [0.25, 0.3) is 0 Å². The van der Waals surface area contributed by atoms with Crippen LogP contribution in [0.2, 0.25) is 0 Å². The van der Waals surface area contributed by atoms with E-state index >= 15 is 0 Å². The van der Waals surface area contributed by atoms with E-state index in [-0.39, 0.29) is 0 Å². The Hall–Kier alpha value is -1.95. The number of hydrogen-bond acceptors (Lipinski definition) is 5. The lowest BCUT2D eigenvalue weighted by molar-refractivity contribution is 0.462. The number of anilines is 1. The Morgan fingerprint density at radius 1 is 1.14 bits per heavy atom. The van der Waals surface area contributed by atoms with Crippen molar-refractivity contribution in [3.8, 4) is 11.4 Å². The monoisotopic (exact) mass is 299 g/mol. The van der Waals surface area contributed by atoms with Crippen LogP contribution in [0.5, 0.6) is 0 Å². The molecule has 1 fully saturated rings. The van der Waals surface area contributed by atoms with Crippen molar-refractivity contribution in [3.05, 3.63) is 30.2 Å². The molecule has 6 heteroatoms. The fraction of sp³-hybridized carbons (Fsp3) is 0.400. The average molecular weight is 299 g/mol. The van der Waals surface area contributed by atoms with E-state index in [2.05, 4.69) is 19.7 Å². The Morgan fingerprint density at radius 3 is 2.95 bits per heavy atom. The average Bonchev–Trinajstić information content (AvgIpc) is 3.11. The van der Waals surface area contributed by atoms with Crippen LogP contribution in [0.3, 0.4) is 0 Å². The smallest absolute Gasteiger partial charge is 0.194 e. The molecule has 5 nitrogen and oxygen atoms in total. The number of imidazole rings is 1. The molecule has 0 bridgehead atoms. The van der Waals surface area contributed by atoms with Crippen LogP contribution in [0.25, 0.3) is 16.3 Å². The summed E-state index contributed by atoms with van der Waals surface area (Å²) in [6, 6.07) is 0.537. The van der Waals surface area contributed by atoms with Gasteiger partial charge in [-0.25, -0.2) is 9.97 Å². The first kappa shape index (κ1) is 12.8. The largest absolute Gasteiger partial charge is 0.366 e. The van der Waals surface area contributed by atoms with Crippen LogP contribution in [0.15, 0.2) is 30.2 Å². The lowest BCUT2D eigenvalue weighted by Crippen LogP contribution is -2.22. The molecule has 21 heavy (non-hydrogen) atoms. The van der Waals surface area contributed by atoms with Crippen LogP contribution in [0, 0.1) is 0 Å². The molecule has 0 radical (unpaired) electrons. The summed E-state index contributed by atoms with van der Waals surface area (Å²) in [4.78, 5) is 14.4. The van der Waals surface area contributed by atoms with E-state index in [1.807, 2.05) is 24.0 Å². The van der Waals surface area contributed by atoms with Gasteiger partial charge in [0.2, 0.25) is 0 Å². The van der Waals surface area contributed by atoms with E-state index in [4.69, 9.17) is 4.98 Å². The quantitative estimate of drug-likeness (QED) is 0.803. The van der Waals surface area contributed by atoms with Crippen molar-refractivity contribution in [2.75, 3.05) is 5.32 Å². The van der Waals surface area contributed by atoms with Gasteiger partial charge in [0.15, 0.2) is 4.96 Å². The second-order valence-electron chi connectivity index (χ2n) is 5.47. The standard InChI is InChI=1S/C15H17N5S/c1-2-4-11(5-3-1)18-14-10-16-8-12(19-14)13-9-17-15-20(13)6-7-21-15/h6-11H,1-5H2,(H,18,19). The lowest BCUT2D eigenvalue weighted by atomic mass is 9.95. The van der Waals surface area contributed by atoms with Crippen LogP contribution >= 0.6 is 11.3 Å². The van der Waals surface area contributed by atoms with E-state index in [1.165, 1.54) is 32.1 Å². The molecule has 0 spiro atoms. The van der Waals surface area contributed by atoms with E-state index in [9.17, 15) is 0 Å². The predicted molar refractivity (Wildman–Crippen MR) is 84.6 cm³/mol. The molecule has 0 unspecified atom stereocenters. The molecule has 0 aliphatic heterocycles. The highest BCUT2D eigenvalue weighted by Gasteiger charge is 2.14. The highest BCUT2D eigenvalue weighted by atomic mass is 32.1. The summed E-state index contributed by atoms with van der Waals surface area (Å²) < 4.78 is 2.05. The zero-order valence-corrected chi connectivity index (χ0v) is 12.5. The van der Waals surface area contributed by atoms with Gasteiger partial charge in [-0.1, -0.05) is 19.3 Å². The number of thiazole rings is 1. The molecule has 0 aromatic carbocycles. The second kappa shape index (κ2) is 5.44. The van der Waals surface area contributed by atoms with Crippen LogP contribution in [-0.4, -0.2) is 25.4 Å². The van der Waals surface area contributed by atoms with Crippen molar-refractivity contribution in [2.45, 2.75) is 38.1 Å². The van der Waals surface area contributed by atoms with Gasteiger partial charge in [-0.05, 0) is 12.8 Å². The second-order valence-corrected chi connectivity index (χ2v) is 6.34. The molecule has 3 aromatic rings. The summed E-state index contributed by atoms with van der Waals surface area (Å²) in [5.74, 6) is 0.865. The Balaban J connectivity index is 1.62. The molecule has 0 amide bonds. The molecule has 4 rings (SSSR count). The first-order chi connectivity index (χ1) is 10.4. The van der Waals surface area contributed by atoms with Gasteiger partial charge < -0.3 is 5.32 Å². The van der Waals surface area contributed by atoms with Crippen LogP contribution in [0.4, 0.5) is 5.82 Å². The third kappa shape index (κ3) is 2.51. The summed E-state index contributed by atoms with van der Waals surface area (Å²) in [7, 11) is 0. The maximum atomic E-state index is 4.71. The van der Waals surface area contributed by atoms with Crippen molar-refractivity contribution in [1.82, 2.24) is 19.4 Å². The highest BCUT2D eigenvalue weighted by molar-refractivity contribution is 7.15. The van der Waals surface area contributed by atoms with Crippen molar-refractivity contribution in [2.24, 2.45) is 0 Å².